The number of benzene rings is 1. The van der Waals surface area contributed by atoms with Crippen LogP contribution in [0.25, 0.3) is 0 Å². The van der Waals surface area contributed by atoms with Crippen LogP contribution in [-0.2, 0) is 4.79 Å². The maximum absolute atomic E-state index is 13.8. The van der Waals surface area contributed by atoms with E-state index in [9.17, 15) is 14.0 Å². The van der Waals surface area contributed by atoms with E-state index in [0.29, 0.717) is 38.1 Å². The van der Waals surface area contributed by atoms with Gasteiger partial charge >= 0.3 is 0 Å². The molecule has 2 amide bonds. The lowest BCUT2D eigenvalue weighted by Crippen LogP contribution is -2.54. The van der Waals surface area contributed by atoms with E-state index in [4.69, 9.17) is 0 Å². The second-order valence-corrected chi connectivity index (χ2v) is 7.12. The Bertz CT molecular complexity index is 671. The van der Waals surface area contributed by atoms with E-state index in [-0.39, 0.29) is 23.4 Å². The summed E-state index contributed by atoms with van der Waals surface area (Å²) in [5, 5.41) is 0. The van der Waals surface area contributed by atoms with Crippen LogP contribution in [0.5, 0.6) is 0 Å². The van der Waals surface area contributed by atoms with Crippen molar-refractivity contribution in [1.29, 1.82) is 0 Å². The fraction of sp³-hybridized carbons (Fsp3) is 0.556. The summed E-state index contributed by atoms with van der Waals surface area (Å²) in [6, 6.07) is 6.24. The summed E-state index contributed by atoms with van der Waals surface area (Å²) in [7, 11) is 0. The summed E-state index contributed by atoms with van der Waals surface area (Å²) < 4.78 is 13.8. The minimum atomic E-state index is -0.502. The van der Waals surface area contributed by atoms with E-state index in [0.717, 1.165) is 6.42 Å². The molecule has 2 atom stereocenters. The third-order valence-electron chi connectivity index (χ3n) is 5.40. The molecule has 3 fully saturated rings. The van der Waals surface area contributed by atoms with Crippen molar-refractivity contribution in [3.8, 4) is 0 Å². The zero-order valence-corrected chi connectivity index (χ0v) is 14.1. The largest absolute Gasteiger partial charge is 0.338 e. The monoisotopic (exact) mass is 346 g/mol. The van der Waals surface area contributed by atoms with Gasteiger partial charge in [-0.2, -0.15) is 0 Å². The Labute approximate surface area is 146 Å². The van der Waals surface area contributed by atoms with Crippen LogP contribution in [0.2, 0.25) is 0 Å². The average Bonchev–Trinajstić information content (AvgIpc) is 3.38. The topological polar surface area (TPSA) is 64.7 Å². The van der Waals surface area contributed by atoms with Gasteiger partial charge in [-0.3, -0.25) is 15.0 Å². The molecule has 2 unspecified atom stereocenters. The van der Waals surface area contributed by atoms with Gasteiger partial charge in [0, 0.05) is 32.2 Å². The van der Waals surface area contributed by atoms with Crippen molar-refractivity contribution in [1.82, 2.24) is 20.7 Å². The van der Waals surface area contributed by atoms with Crippen LogP contribution in [0.3, 0.4) is 0 Å². The molecule has 3 aliphatic rings. The number of nitrogens with zero attached hydrogens (tertiary/aromatic N) is 2. The minimum absolute atomic E-state index is 0.0913. The number of hydrazine groups is 1. The highest BCUT2D eigenvalue weighted by molar-refractivity contribution is 5.94. The number of hydrogen-bond donors (Lipinski definition) is 2. The lowest BCUT2D eigenvalue weighted by atomic mass is 10.1. The normalized spacial score (nSPS) is 26.8. The van der Waals surface area contributed by atoms with Gasteiger partial charge in [-0.1, -0.05) is 12.1 Å². The third kappa shape index (κ3) is 3.39. The van der Waals surface area contributed by atoms with Gasteiger partial charge < -0.3 is 9.80 Å². The quantitative estimate of drug-likeness (QED) is 0.848. The van der Waals surface area contributed by atoms with Gasteiger partial charge in [0.15, 0.2) is 0 Å². The number of amides is 2. The maximum atomic E-state index is 13.8. The molecule has 2 aliphatic heterocycles. The number of nitrogens with one attached hydrogen (secondary N) is 2. The molecule has 1 aromatic carbocycles. The molecule has 7 heteroatoms. The van der Waals surface area contributed by atoms with Crippen molar-refractivity contribution in [3.05, 3.63) is 35.6 Å². The van der Waals surface area contributed by atoms with Crippen LogP contribution in [0, 0.1) is 11.7 Å². The fourth-order valence-corrected chi connectivity index (χ4v) is 3.71. The molecule has 2 saturated heterocycles. The molecule has 2 heterocycles. The Morgan fingerprint density at radius 1 is 1.00 bits per heavy atom. The van der Waals surface area contributed by atoms with Crippen molar-refractivity contribution in [2.75, 3.05) is 26.2 Å². The van der Waals surface area contributed by atoms with Crippen LogP contribution in [0.4, 0.5) is 4.39 Å². The van der Waals surface area contributed by atoms with E-state index < -0.39 is 5.82 Å². The third-order valence-corrected chi connectivity index (χ3v) is 5.40. The maximum Gasteiger partial charge on any atom is 0.256 e. The molecule has 0 radical (unpaired) electrons. The molecule has 134 valence electrons. The minimum Gasteiger partial charge on any atom is -0.338 e. The Kier molecular flexibility index (Phi) is 4.43. The first-order chi connectivity index (χ1) is 12.1. The second-order valence-electron chi connectivity index (χ2n) is 7.12. The fourth-order valence-electron chi connectivity index (χ4n) is 3.71. The summed E-state index contributed by atoms with van der Waals surface area (Å²) in [6.07, 6.45) is 3.33. The summed E-state index contributed by atoms with van der Waals surface area (Å²) in [6.45, 7) is 1.85. The lowest BCUT2D eigenvalue weighted by molar-refractivity contribution is -0.134. The SMILES string of the molecule is O=C(c1ccccc1F)N1CCN(C(=O)C2CC(C3CC3)NN2)CC1. The molecule has 6 nitrogen and oxygen atoms in total. The predicted molar refractivity (Wildman–Crippen MR) is 90.1 cm³/mol. The first-order valence-electron chi connectivity index (χ1n) is 8.97. The van der Waals surface area contributed by atoms with E-state index in [1.54, 1.807) is 21.9 Å². The van der Waals surface area contributed by atoms with E-state index in [1.807, 2.05) is 0 Å². The first-order valence-corrected chi connectivity index (χ1v) is 8.97. The van der Waals surface area contributed by atoms with Gasteiger partial charge in [0.2, 0.25) is 5.91 Å². The van der Waals surface area contributed by atoms with E-state index in [1.165, 1.54) is 25.0 Å². The summed E-state index contributed by atoms with van der Waals surface area (Å²) in [5.41, 5.74) is 6.45. The molecular formula is C18H23FN4O2. The number of hydrogen-bond acceptors (Lipinski definition) is 4. The average molecular weight is 346 g/mol. The van der Waals surface area contributed by atoms with E-state index >= 15 is 0 Å². The summed E-state index contributed by atoms with van der Waals surface area (Å²) in [4.78, 5) is 28.5. The molecule has 1 aliphatic carbocycles. The highest BCUT2D eigenvalue weighted by atomic mass is 19.1. The molecule has 4 rings (SSSR count). The molecule has 0 bridgehead atoms. The Morgan fingerprint density at radius 2 is 1.68 bits per heavy atom. The zero-order chi connectivity index (χ0) is 17.4. The first kappa shape index (κ1) is 16.5. The van der Waals surface area contributed by atoms with Gasteiger partial charge in [-0.25, -0.2) is 9.82 Å². The van der Waals surface area contributed by atoms with Crippen molar-refractivity contribution < 1.29 is 14.0 Å². The number of piperazine rings is 1. The van der Waals surface area contributed by atoms with Gasteiger partial charge in [0.25, 0.3) is 5.91 Å². The number of rotatable bonds is 3. The van der Waals surface area contributed by atoms with Crippen molar-refractivity contribution in [3.63, 3.8) is 0 Å². The zero-order valence-electron chi connectivity index (χ0n) is 14.1. The molecule has 1 aromatic rings. The highest BCUT2D eigenvalue weighted by Gasteiger charge is 2.40. The summed E-state index contributed by atoms with van der Waals surface area (Å²) in [5.74, 6) is -0.00723. The second kappa shape index (κ2) is 6.72. The highest BCUT2D eigenvalue weighted by Crippen LogP contribution is 2.35. The van der Waals surface area contributed by atoms with Crippen LogP contribution in [0.1, 0.15) is 29.6 Å². The molecular weight excluding hydrogens is 323 g/mol. The molecule has 1 saturated carbocycles. The van der Waals surface area contributed by atoms with Crippen LogP contribution >= 0.6 is 0 Å². The van der Waals surface area contributed by atoms with Crippen molar-refractivity contribution >= 4 is 11.8 Å². The van der Waals surface area contributed by atoms with Gasteiger partial charge in [-0.15, -0.1) is 0 Å². The number of carbonyl (C=O) groups excluding carboxylic acids is 2. The summed E-state index contributed by atoms with van der Waals surface area (Å²) >= 11 is 0. The standard InChI is InChI=1S/C18H23FN4O2/c19-14-4-2-1-3-13(14)17(24)22-7-9-23(10-8-22)18(25)16-11-15(20-21-16)12-5-6-12/h1-4,12,15-16,20-21H,5-11H2. The lowest BCUT2D eigenvalue weighted by Gasteiger charge is -2.36. The molecule has 0 spiro atoms. The molecule has 0 aromatic heterocycles. The van der Waals surface area contributed by atoms with Crippen LogP contribution < -0.4 is 10.9 Å². The molecule has 2 N–H and O–H groups in total. The van der Waals surface area contributed by atoms with Gasteiger partial charge in [0.1, 0.15) is 11.9 Å². The van der Waals surface area contributed by atoms with Gasteiger partial charge in [0.05, 0.1) is 5.56 Å². The van der Waals surface area contributed by atoms with Gasteiger partial charge in [-0.05, 0) is 37.3 Å². The van der Waals surface area contributed by atoms with Crippen LogP contribution in [0.15, 0.2) is 24.3 Å². The van der Waals surface area contributed by atoms with Crippen LogP contribution in [-0.4, -0.2) is 59.9 Å². The van der Waals surface area contributed by atoms with Crippen molar-refractivity contribution in [2.45, 2.75) is 31.3 Å². The Balaban J connectivity index is 1.31. The Hall–Kier alpha value is -1.99. The smallest absolute Gasteiger partial charge is 0.256 e. The number of halogens is 1. The van der Waals surface area contributed by atoms with Crippen molar-refractivity contribution in [2.24, 2.45) is 5.92 Å². The number of carbonyl (C=O) groups is 2. The van der Waals surface area contributed by atoms with E-state index in [2.05, 4.69) is 10.9 Å². The molecule has 25 heavy (non-hydrogen) atoms. The Morgan fingerprint density at radius 3 is 2.36 bits per heavy atom. The predicted octanol–water partition coefficient (Wildman–Crippen LogP) is 0.755.